The highest BCUT2D eigenvalue weighted by molar-refractivity contribution is 5.94. The summed E-state index contributed by atoms with van der Waals surface area (Å²) in [4.78, 5) is 31.5. The van der Waals surface area contributed by atoms with Crippen LogP contribution in [0.3, 0.4) is 0 Å². The van der Waals surface area contributed by atoms with E-state index in [9.17, 15) is 22.8 Å². The van der Waals surface area contributed by atoms with Gasteiger partial charge >= 0.3 is 6.18 Å². The fraction of sp³-hybridized carbons (Fsp3) is 0.333. The molecule has 0 bridgehead atoms. The number of nitrogens with zero attached hydrogens (tertiary/aromatic N) is 2. The number of ketones is 1. The Labute approximate surface area is 153 Å². The maximum Gasteiger partial charge on any atom is 0.422 e. The number of halogens is 3. The van der Waals surface area contributed by atoms with Crippen LogP contribution in [0.15, 0.2) is 36.7 Å². The van der Waals surface area contributed by atoms with Gasteiger partial charge in [0.2, 0.25) is 5.88 Å². The smallest absolute Gasteiger partial charge is 0.422 e. The van der Waals surface area contributed by atoms with Crippen molar-refractivity contribution < 1.29 is 27.5 Å². The van der Waals surface area contributed by atoms with Gasteiger partial charge in [-0.1, -0.05) is 13.0 Å². The Hall–Kier alpha value is -2.97. The van der Waals surface area contributed by atoms with E-state index >= 15 is 0 Å². The average Bonchev–Trinajstić information content (AvgIpc) is 2.64. The second-order valence-electron chi connectivity index (χ2n) is 5.70. The number of alkyl halides is 3. The number of hydrogen-bond donors (Lipinski definition) is 1. The first-order valence-corrected chi connectivity index (χ1v) is 8.16. The topological polar surface area (TPSA) is 81.2 Å². The maximum atomic E-state index is 12.2. The molecule has 9 heteroatoms. The minimum atomic E-state index is -4.43. The van der Waals surface area contributed by atoms with Crippen molar-refractivity contribution in [3.05, 3.63) is 53.5 Å². The molecule has 6 nitrogen and oxygen atoms in total. The molecular formula is C18H18F3N3O3. The first-order valence-electron chi connectivity index (χ1n) is 8.16. The van der Waals surface area contributed by atoms with E-state index in [2.05, 4.69) is 20.0 Å². The van der Waals surface area contributed by atoms with Gasteiger partial charge in [0.25, 0.3) is 5.91 Å². The highest BCUT2D eigenvalue weighted by Crippen LogP contribution is 2.17. The predicted octanol–water partition coefficient (Wildman–Crippen LogP) is 2.87. The van der Waals surface area contributed by atoms with Crippen molar-refractivity contribution in [3.63, 3.8) is 0 Å². The number of aromatic nitrogens is 2. The Kier molecular flexibility index (Phi) is 6.86. The Morgan fingerprint density at radius 2 is 1.96 bits per heavy atom. The van der Waals surface area contributed by atoms with Crippen LogP contribution < -0.4 is 10.1 Å². The molecule has 2 heterocycles. The Morgan fingerprint density at radius 1 is 1.19 bits per heavy atom. The maximum absolute atomic E-state index is 12.2. The zero-order valence-electron chi connectivity index (χ0n) is 14.5. The number of Topliss-reactive ketones (excluding diaryl/α,β-unsaturated/α-hetero) is 1. The van der Waals surface area contributed by atoms with E-state index in [0.29, 0.717) is 23.2 Å². The summed E-state index contributed by atoms with van der Waals surface area (Å²) in [7, 11) is 0. The highest BCUT2D eigenvalue weighted by Gasteiger charge is 2.28. The van der Waals surface area contributed by atoms with Crippen LogP contribution in [0.4, 0.5) is 13.2 Å². The Morgan fingerprint density at radius 3 is 2.59 bits per heavy atom. The molecule has 0 spiro atoms. The lowest BCUT2D eigenvalue weighted by atomic mass is 10.1. The van der Waals surface area contributed by atoms with Crippen molar-refractivity contribution >= 4 is 11.7 Å². The van der Waals surface area contributed by atoms with Crippen LogP contribution in [-0.2, 0) is 17.8 Å². The third kappa shape index (κ3) is 7.04. The first kappa shape index (κ1) is 20.3. The van der Waals surface area contributed by atoms with Gasteiger partial charge in [0.15, 0.2) is 6.61 Å². The van der Waals surface area contributed by atoms with E-state index < -0.39 is 12.8 Å². The monoisotopic (exact) mass is 381 g/mol. The van der Waals surface area contributed by atoms with Gasteiger partial charge in [-0.15, -0.1) is 0 Å². The summed E-state index contributed by atoms with van der Waals surface area (Å²) in [6.07, 6.45) is -1.08. The van der Waals surface area contributed by atoms with Crippen molar-refractivity contribution in [2.45, 2.75) is 32.5 Å². The van der Waals surface area contributed by atoms with Crippen LogP contribution >= 0.6 is 0 Å². The van der Waals surface area contributed by atoms with E-state index in [0.717, 1.165) is 0 Å². The number of hydrogen-bond acceptors (Lipinski definition) is 5. The summed E-state index contributed by atoms with van der Waals surface area (Å²) in [5.74, 6) is -0.485. The van der Waals surface area contributed by atoms with Crippen molar-refractivity contribution in [2.24, 2.45) is 0 Å². The van der Waals surface area contributed by atoms with E-state index in [4.69, 9.17) is 0 Å². The molecule has 2 aromatic rings. The van der Waals surface area contributed by atoms with Gasteiger partial charge in [-0.05, 0) is 17.7 Å². The molecule has 0 unspecified atom stereocenters. The second-order valence-corrected chi connectivity index (χ2v) is 5.70. The highest BCUT2D eigenvalue weighted by atomic mass is 19.4. The van der Waals surface area contributed by atoms with E-state index in [1.54, 1.807) is 13.0 Å². The molecule has 0 aliphatic heterocycles. The van der Waals surface area contributed by atoms with Gasteiger partial charge in [0.1, 0.15) is 5.78 Å². The van der Waals surface area contributed by atoms with Crippen LogP contribution in [0.2, 0.25) is 0 Å². The number of amides is 1. The van der Waals surface area contributed by atoms with E-state index in [-0.39, 0.29) is 30.5 Å². The molecule has 0 saturated heterocycles. The lowest BCUT2D eigenvalue weighted by molar-refractivity contribution is -0.154. The molecular weight excluding hydrogens is 363 g/mol. The summed E-state index contributed by atoms with van der Waals surface area (Å²) >= 11 is 0. The Balaban J connectivity index is 1.90. The first-order chi connectivity index (χ1) is 12.8. The van der Waals surface area contributed by atoms with Crippen molar-refractivity contribution in [1.29, 1.82) is 0 Å². The summed E-state index contributed by atoms with van der Waals surface area (Å²) in [5.41, 5.74) is 1.47. The number of carbonyl (C=O) groups excluding carboxylic acids is 2. The zero-order valence-corrected chi connectivity index (χ0v) is 14.5. The number of rotatable bonds is 8. The standard InChI is InChI=1S/C18H18F3N3O3/c1-2-15(25)8-14-7-13(5-6-22-14)17(26)24-10-12-3-4-16(23-9-12)27-11-18(19,20)21/h3-7,9H,2,8,10-11H2,1H3,(H,24,26). The van der Waals surface area contributed by atoms with Gasteiger partial charge in [0.05, 0.1) is 0 Å². The van der Waals surface area contributed by atoms with Gasteiger partial charge in [-0.2, -0.15) is 13.2 Å². The largest absolute Gasteiger partial charge is 0.468 e. The molecule has 0 radical (unpaired) electrons. The van der Waals surface area contributed by atoms with Gasteiger partial charge in [-0.3, -0.25) is 14.6 Å². The summed E-state index contributed by atoms with van der Waals surface area (Å²) in [5, 5.41) is 2.67. The number of pyridine rings is 2. The van der Waals surface area contributed by atoms with Crippen molar-refractivity contribution in [3.8, 4) is 5.88 Å². The lowest BCUT2D eigenvalue weighted by Gasteiger charge is -2.09. The van der Waals surface area contributed by atoms with Gasteiger partial charge in [-0.25, -0.2) is 4.98 Å². The number of nitrogens with one attached hydrogen (secondary N) is 1. The summed E-state index contributed by atoms with van der Waals surface area (Å²) in [6, 6.07) is 5.89. The van der Waals surface area contributed by atoms with Crippen LogP contribution in [0, 0.1) is 0 Å². The quantitative estimate of drug-likeness (QED) is 0.761. The molecule has 0 saturated carbocycles. The molecule has 0 aliphatic carbocycles. The molecule has 0 aromatic carbocycles. The molecule has 0 aliphatic rings. The third-order valence-corrected chi connectivity index (χ3v) is 3.49. The third-order valence-electron chi connectivity index (χ3n) is 3.49. The normalized spacial score (nSPS) is 11.1. The zero-order chi connectivity index (χ0) is 19.9. The fourth-order valence-electron chi connectivity index (χ4n) is 2.08. The Bertz CT molecular complexity index is 792. The van der Waals surface area contributed by atoms with E-state index in [1.165, 1.54) is 30.6 Å². The molecule has 0 atom stereocenters. The van der Waals surface area contributed by atoms with Gasteiger partial charge in [0, 0.05) is 49.1 Å². The number of carbonyl (C=O) groups is 2. The second kappa shape index (κ2) is 9.11. The fourth-order valence-corrected chi connectivity index (χ4v) is 2.08. The predicted molar refractivity (Wildman–Crippen MR) is 90.2 cm³/mol. The van der Waals surface area contributed by atoms with Crippen LogP contribution in [0.5, 0.6) is 5.88 Å². The molecule has 0 fully saturated rings. The minimum absolute atomic E-state index is 0.0268. The van der Waals surface area contributed by atoms with Gasteiger partial charge < -0.3 is 10.1 Å². The van der Waals surface area contributed by atoms with Crippen molar-refractivity contribution in [1.82, 2.24) is 15.3 Å². The molecule has 2 aromatic heterocycles. The van der Waals surface area contributed by atoms with Crippen LogP contribution in [-0.4, -0.2) is 34.4 Å². The molecule has 1 N–H and O–H groups in total. The minimum Gasteiger partial charge on any atom is -0.468 e. The molecule has 27 heavy (non-hydrogen) atoms. The molecule has 2 rings (SSSR count). The van der Waals surface area contributed by atoms with E-state index in [1.807, 2.05) is 0 Å². The van der Waals surface area contributed by atoms with Crippen molar-refractivity contribution in [2.75, 3.05) is 6.61 Å². The lowest BCUT2D eigenvalue weighted by Crippen LogP contribution is -2.23. The summed E-state index contributed by atoms with van der Waals surface area (Å²) < 4.78 is 40.8. The average molecular weight is 381 g/mol. The van der Waals surface area contributed by atoms with Crippen LogP contribution in [0.25, 0.3) is 0 Å². The molecule has 1 amide bonds. The molecule has 144 valence electrons. The summed E-state index contributed by atoms with van der Waals surface area (Å²) in [6.45, 7) is 0.476. The van der Waals surface area contributed by atoms with Crippen LogP contribution in [0.1, 0.15) is 35.0 Å². The SMILES string of the molecule is CCC(=O)Cc1cc(C(=O)NCc2ccc(OCC(F)(F)F)nc2)ccn1. The number of ether oxygens (including phenoxy) is 1.